The average Bonchev–Trinajstić information content (AvgIpc) is 2.31. The first kappa shape index (κ1) is 13.8. The van der Waals surface area contributed by atoms with E-state index in [0.717, 1.165) is 12.7 Å². The van der Waals surface area contributed by atoms with E-state index < -0.39 is 0 Å². The molecule has 0 saturated carbocycles. The lowest BCUT2D eigenvalue weighted by Gasteiger charge is -2.04. The van der Waals surface area contributed by atoms with Crippen molar-refractivity contribution < 1.29 is 9.50 Å². The fourth-order valence-corrected chi connectivity index (χ4v) is 1.68. The molecule has 0 fully saturated rings. The van der Waals surface area contributed by atoms with Gasteiger partial charge in [0.15, 0.2) is 0 Å². The van der Waals surface area contributed by atoms with E-state index >= 15 is 0 Å². The lowest BCUT2D eigenvalue weighted by Crippen LogP contribution is -2.05. The second kappa shape index (κ2) is 6.49. The normalized spacial score (nSPS) is 9.94. The van der Waals surface area contributed by atoms with Gasteiger partial charge in [-0.2, -0.15) is 0 Å². The van der Waals surface area contributed by atoms with Crippen LogP contribution in [0.4, 0.5) is 4.39 Å². The molecule has 2 aromatic rings. The Kier molecular flexibility index (Phi) is 5.28. The molecule has 1 aromatic heterocycles. The van der Waals surface area contributed by atoms with E-state index in [0.29, 0.717) is 22.6 Å². The molecule has 3 nitrogen and oxygen atoms in total. The van der Waals surface area contributed by atoms with Crippen LogP contribution >= 0.6 is 11.6 Å². The van der Waals surface area contributed by atoms with E-state index in [2.05, 4.69) is 10.3 Å². The van der Waals surface area contributed by atoms with Crippen LogP contribution < -0.4 is 5.32 Å². The van der Waals surface area contributed by atoms with Gasteiger partial charge in [0.1, 0.15) is 11.0 Å². The SMILES string of the molecule is CNCc1cc(F)c2ccc(Cl)nc2c1.CO. The fraction of sp³-hybridized carbons (Fsp3) is 0.250. The van der Waals surface area contributed by atoms with Crippen molar-refractivity contribution in [1.82, 2.24) is 10.3 Å². The highest BCUT2D eigenvalue weighted by Crippen LogP contribution is 2.20. The van der Waals surface area contributed by atoms with Gasteiger partial charge in [-0.25, -0.2) is 9.37 Å². The molecule has 2 rings (SSSR count). The second-order valence-electron chi connectivity index (χ2n) is 3.31. The second-order valence-corrected chi connectivity index (χ2v) is 3.70. The summed E-state index contributed by atoms with van der Waals surface area (Å²) in [6, 6.07) is 6.57. The van der Waals surface area contributed by atoms with Crippen LogP contribution in [-0.2, 0) is 6.54 Å². The predicted molar refractivity (Wildman–Crippen MR) is 67.6 cm³/mol. The Morgan fingerprint density at radius 3 is 2.71 bits per heavy atom. The van der Waals surface area contributed by atoms with Crippen molar-refractivity contribution in [2.75, 3.05) is 14.2 Å². The molecular formula is C12H14ClFN2O. The Morgan fingerprint density at radius 2 is 2.06 bits per heavy atom. The first-order valence-electron chi connectivity index (χ1n) is 5.04. The van der Waals surface area contributed by atoms with Crippen LogP contribution in [0, 0.1) is 5.82 Å². The highest BCUT2D eigenvalue weighted by atomic mass is 35.5. The van der Waals surface area contributed by atoms with Gasteiger partial charge in [0.05, 0.1) is 5.52 Å². The maximum absolute atomic E-state index is 13.6. The van der Waals surface area contributed by atoms with Gasteiger partial charge in [0.2, 0.25) is 0 Å². The Hall–Kier alpha value is -1.23. The molecule has 92 valence electrons. The van der Waals surface area contributed by atoms with Crippen LogP contribution in [0.2, 0.25) is 5.15 Å². The molecule has 0 amide bonds. The Bertz CT molecular complexity index is 505. The van der Waals surface area contributed by atoms with E-state index in [-0.39, 0.29) is 5.82 Å². The molecule has 0 aliphatic carbocycles. The number of aliphatic hydroxyl groups excluding tert-OH is 1. The maximum atomic E-state index is 13.6. The molecule has 17 heavy (non-hydrogen) atoms. The number of nitrogens with zero attached hydrogens (tertiary/aromatic N) is 1. The summed E-state index contributed by atoms with van der Waals surface area (Å²) in [6.07, 6.45) is 0. The number of pyridine rings is 1. The number of aliphatic hydroxyl groups is 1. The lowest BCUT2D eigenvalue weighted by atomic mass is 10.1. The molecule has 1 aromatic carbocycles. The summed E-state index contributed by atoms with van der Waals surface area (Å²) >= 11 is 5.75. The summed E-state index contributed by atoms with van der Waals surface area (Å²) in [6.45, 7) is 0.612. The first-order chi connectivity index (χ1) is 8.20. The maximum Gasteiger partial charge on any atom is 0.132 e. The van der Waals surface area contributed by atoms with Crippen molar-refractivity contribution >= 4 is 22.5 Å². The molecule has 0 spiro atoms. The number of hydrogen-bond donors (Lipinski definition) is 2. The zero-order valence-corrected chi connectivity index (χ0v) is 10.4. The number of fused-ring (bicyclic) bond motifs is 1. The summed E-state index contributed by atoms with van der Waals surface area (Å²) in [5.74, 6) is -0.262. The van der Waals surface area contributed by atoms with Gasteiger partial charge in [-0.15, -0.1) is 0 Å². The first-order valence-corrected chi connectivity index (χ1v) is 5.42. The van der Waals surface area contributed by atoms with Crippen molar-refractivity contribution in [1.29, 1.82) is 0 Å². The molecule has 5 heteroatoms. The average molecular weight is 257 g/mol. The zero-order valence-electron chi connectivity index (χ0n) is 9.67. The van der Waals surface area contributed by atoms with E-state index in [4.69, 9.17) is 16.7 Å². The van der Waals surface area contributed by atoms with E-state index in [1.54, 1.807) is 12.1 Å². The monoisotopic (exact) mass is 256 g/mol. The lowest BCUT2D eigenvalue weighted by molar-refractivity contribution is 0.399. The van der Waals surface area contributed by atoms with Crippen LogP contribution in [-0.4, -0.2) is 24.2 Å². The molecule has 0 radical (unpaired) electrons. The van der Waals surface area contributed by atoms with Crippen molar-refractivity contribution in [3.63, 3.8) is 0 Å². The Morgan fingerprint density at radius 1 is 1.35 bits per heavy atom. The molecule has 0 unspecified atom stereocenters. The molecule has 0 atom stereocenters. The minimum Gasteiger partial charge on any atom is -0.400 e. The summed E-state index contributed by atoms with van der Waals surface area (Å²) in [7, 11) is 2.81. The largest absolute Gasteiger partial charge is 0.400 e. The minimum absolute atomic E-state index is 0.262. The number of hydrogen-bond acceptors (Lipinski definition) is 3. The predicted octanol–water partition coefficient (Wildman–Crippen LogP) is 2.36. The van der Waals surface area contributed by atoms with Gasteiger partial charge in [0.25, 0.3) is 0 Å². The van der Waals surface area contributed by atoms with Crippen molar-refractivity contribution in [3.8, 4) is 0 Å². The van der Waals surface area contributed by atoms with Gasteiger partial charge in [-0.3, -0.25) is 0 Å². The summed E-state index contributed by atoms with van der Waals surface area (Å²) < 4.78 is 13.6. The van der Waals surface area contributed by atoms with Gasteiger partial charge in [-0.05, 0) is 36.9 Å². The summed E-state index contributed by atoms with van der Waals surface area (Å²) in [5, 5.41) is 10.8. The highest BCUT2D eigenvalue weighted by Gasteiger charge is 2.05. The third kappa shape index (κ3) is 3.36. The quantitative estimate of drug-likeness (QED) is 0.811. The van der Waals surface area contributed by atoms with Crippen LogP contribution in [0.25, 0.3) is 10.9 Å². The van der Waals surface area contributed by atoms with Crippen molar-refractivity contribution in [3.05, 3.63) is 40.8 Å². The van der Waals surface area contributed by atoms with Crippen LogP contribution in [0.15, 0.2) is 24.3 Å². The van der Waals surface area contributed by atoms with Gasteiger partial charge in [-0.1, -0.05) is 11.6 Å². The van der Waals surface area contributed by atoms with E-state index in [1.807, 2.05) is 13.1 Å². The molecule has 0 bridgehead atoms. The van der Waals surface area contributed by atoms with E-state index in [1.165, 1.54) is 6.07 Å². The summed E-state index contributed by atoms with van der Waals surface area (Å²) in [5.41, 5.74) is 1.45. The number of nitrogens with one attached hydrogen (secondary N) is 1. The fourth-order valence-electron chi connectivity index (χ4n) is 1.53. The third-order valence-corrected chi connectivity index (χ3v) is 2.37. The minimum atomic E-state index is -0.262. The standard InChI is InChI=1S/C11H10ClFN2.CH4O/c1-14-6-7-4-9(13)8-2-3-11(12)15-10(8)5-7;1-2/h2-5,14H,6H2,1H3;2H,1H3. The number of halogens is 2. The molecular weight excluding hydrogens is 243 g/mol. The van der Waals surface area contributed by atoms with Gasteiger partial charge < -0.3 is 10.4 Å². The van der Waals surface area contributed by atoms with Crippen molar-refractivity contribution in [2.24, 2.45) is 0 Å². The van der Waals surface area contributed by atoms with Gasteiger partial charge in [0, 0.05) is 19.0 Å². The van der Waals surface area contributed by atoms with Crippen LogP contribution in [0.5, 0.6) is 0 Å². The Labute approximate surface area is 104 Å². The molecule has 1 heterocycles. The topological polar surface area (TPSA) is 45.2 Å². The Balaban J connectivity index is 0.000000686. The smallest absolute Gasteiger partial charge is 0.132 e. The highest BCUT2D eigenvalue weighted by molar-refractivity contribution is 6.29. The molecule has 0 aliphatic rings. The van der Waals surface area contributed by atoms with Crippen molar-refractivity contribution in [2.45, 2.75) is 6.54 Å². The number of benzene rings is 1. The van der Waals surface area contributed by atoms with Crippen LogP contribution in [0.3, 0.4) is 0 Å². The number of aromatic nitrogens is 1. The molecule has 0 aliphatic heterocycles. The zero-order chi connectivity index (χ0) is 12.8. The number of rotatable bonds is 2. The molecule has 0 saturated heterocycles. The van der Waals surface area contributed by atoms with Gasteiger partial charge >= 0.3 is 0 Å². The van der Waals surface area contributed by atoms with Crippen LogP contribution in [0.1, 0.15) is 5.56 Å². The third-order valence-electron chi connectivity index (χ3n) is 2.16. The summed E-state index contributed by atoms with van der Waals surface area (Å²) in [4.78, 5) is 4.08. The van der Waals surface area contributed by atoms with E-state index in [9.17, 15) is 4.39 Å². The molecule has 2 N–H and O–H groups in total.